The molecule has 1 heterocycles. The molecule has 0 atom stereocenters. The third-order valence-electron chi connectivity index (χ3n) is 5.22. The van der Waals surface area contributed by atoms with E-state index in [2.05, 4.69) is 5.32 Å². The van der Waals surface area contributed by atoms with Gasteiger partial charge in [-0.15, -0.1) is 0 Å². The third-order valence-corrected chi connectivity index (χ3v) is 7.12. The molecule has 1 aliphatic rings. The van der Waals surface area contributed by atoms with E-state index in [0.717, 1.165) is 24.2 Å². The molecule has 1 amide bonds. The summed E-state index contributed by atoms with van der Waals surface area (Å²) in [5, 5.41) is 2.89. The van der Waals surface area contributed by atoms with E-state index in [4.69, 9.17) is 9.47 Å². The van der Waals surface area contributed by atoms with Crippen molar-refractivity contribution in [3.8, 4) is 11.5 Å². The Hall–Kier alpha value is -2.58. The molecule has 1 aliphatic heterocycles. The van der Waals surface area contributed by atoms with Crippen molar-refractivity contribution in [2.75, 3.05) is 27.3 Å². The Balaban J connectivity index is 1.62. The van der Waals surface area contributed by atoms with E-state index in [0.29, 0.717) is 37.4 Å². The molecule has 3 rings (SSSR count). The third kappa shape index (κ3) is 5.31. The van der Waals surface area contributed by atoms with Crippen molar-refractivity contribution in [2.24, 2.45) is 0 Å². The molecule has 2 aromatic rings. The molecule has 0 aromatic heterocycles. The van der Waals surface area contributed by atoms with Crippen LogP contribution in [0.25, 0.3) is 0 Å². The second-order valence-electron chi connectivity index (χ2n) is 7.21. The molecule has 30 heavy (non-hydrogen) atoms. The Kier molecular flexibility index (Phi) is 7.33. The standard InChI is InChI=1S/C22H28N2O5S/c1-28-19-8-5-17(6-9-19)16-23-22(25)12-7-18-15-20(10-11-21(18)29-2)30(26,27)24-13-3-4-14-24/h5-6,8-11,15H,3-4,7,12-14,16H2,1-2H3,(H,23,25). The van der Waals surface area contributed by atoms with Crippen molar-refractivity contribution in [3.05, 3.63) is 53.6 Å². The molecule has 1 N–H and O–H groups in total. The predicted molar refractivity (Wildman–Crippen MR) is 114 cm³/mol. The maximum Gasteiger partial charge on any atom is 0.243 e. The zero-order valence-corrected chi connectivity index (χ0v) is 18.2. The van der Waals surface area contributed by atoms with Gasteiger partial charge in [0, 0.05) is 26.1 Å². The molecule has 2 aromatic carbocycles. The highest BCUT2D eigenvalue weighted by Crippen LogP contribution is 2.27. The van der Waals surface area contributed by atoms with Crippen LogP contribution in [0.2, 0.25) is 0 Å². The Bertz CT molecular complexity index is 968. The number of carbonyl (C=O) groups excluding carboxylic acids is 1. The van der Waals surface area contributed by atoms with Gasteiger partial charge in [-0.25, -0.2) is 8.42 Å². The predicted octanol–water partition coefficient (Wildman–Crippen LogP) is 2.74. The average Bonchev–Trinajstić information content (AvgIpc) is 3.32. The van der Waals surface area contributed by atoms with Gasteiger partial charge in [0.25, 0.3) is 0 Å². The first-order chi connectivity index (χ1) is 14.4. The summed E-state index contributed by atoms with van der Waals surface area (Å²) in [6.45, 7) is 1.53. The van der Waals surface area contributed by atoms with Crippen LogP contribution in [0.1, 0.15) is 30.4 Å². The second-order valence-corrected chi connectivity index (χ2v) is 9.15. The molecule has 0 spiro atoms. The maximum atomic E-state index is 12.8. The second kappa shape index (κ2) is 9.95. The molecule has 162 valence electrons. The van der Waals surface area contributed by atoms with Crippen molar-refractivity contribution >= 4 is 15.9 Å². The average molecular weight is 433 g/mol. The zero-order chi connectivity index (χ0) is 21.6. The molecule has 7 nitrogen and oxygen atoms in total. The minimum Gasteiger partial charge on any atom is -0.497 e. The molecule has 0 bridgehead atoms. The van der Waals surface area contributed by atoms with Crippen LogP contribution in [-0.2, 0) is 27.8 Å². The molecule has 0 unspecified atom stereocenters. The Morgan fingerprint density at radius 2 is 1.73 bits per heavy atom. The van der Waals surface area contributed by atoms with E-state index >= 15 is 0 Å². The van der Waals surface area contributed by atoms with Gasteiger partial charge in [-0.3, -0.25) is 4.79 Å². The lowest BCUT2D eigenvalue weighted by Crippen LogP contribution is -2.28. The number of rotatable bonds is 9. The summed E-state index contributed by atoms with van der Waals surface area (Å²) >= 11 is 0. The van der Waals surface area contributed by atoms with E-state index in [1.807, 2.05) is 24.3 Å². The van der Waals surface area contributed by atoms with Crippen LogP contribution in [0.15, 0.2) is 47.4 Å². The smallest absolute Gasteiger partial charge is 0.243 e. The SMILES string of the molecule is COc1ccc(CNC(=O)CCc2cc(S(=O)(=O)N3CCCC3)ccc2OC)cc1. The number of carbonyl (C=O) groups is 1. The number of sulfonamides is 1. The van der Waals surface area contributed by atoms with Gasteiger partial charge in [0.15, 0.2) is 0 Å². The summed E-state index contributed by atoms with van der Waals surface area (Å²) in [6, 6.07) is 12.3. The van der Waals surface area contributed by atoms with E-state index in [1.54, 1.807) is 25.3 Å². The molecule has 0 aliphatic carbocycles. The summed E-state index contributed by atoms with van der Waals surface area (Å²) in [5.41, 5.74) is 1.68. The lowest BCUT2D eigenvalue weighted by molar-refractivity contribution is -0.121. The zero-order valence-electron chi connectivity index (χ0n) is 17.4. The van der Waals surface area contributed by atoms with Crippen molar-refractivity contribution in [3.63, 3.8) is 0 Å². The van der Waals surface area contributed by atoms with Gasteiger partial charge >= 0.3 is 0 Å². The van der Waals surface area contributed by atoms with E-state index in [-0.39, 0.29) is 17.2 Å². The number of aryl methyl sites for hydroxylation is 1. The van der Waals surface area contributed by atoms with Crippen molar-refractivity contribution in [2.45, 2.75) is 37.1 Å². The summed E-state index contributed by atoms with van der Waals surface area (Å²) in [4.78, 5) is 12.5. The van der Waals surface area contributed by atoms with Gasteiger partial charge < -0.3 is 14.8 Å². The van der Waals surface area contributed by atoms with Gasteiger partial charge in [-0.2, -0.15) is 4.31 Å². The number of hydrogen-bond acceptors (Lipinski definition) is 5. The first-order valence-corrected chi connectivity index (χ1v) is 11.4. The number of hydrogen-bond donors (Lipinski definition) is 1. The quantitative estimate of drug-likeness (QED) is 0.659. The van der Waals surface area contributed by atoms with Crippen LogP contribution in [0.3, 0.4) is 0 Å². The fraction of sp³-hybridized carbons (Fsp3) is 0.409. The molecule has 8 heteroatoms. The lowest BCUT2D eigenvalue weighted by Gasteiger charge is -2.17. The molecular weight excluding hydrogens is 404 g/mol. The topological polar surface area (TPSA) is 84.9 Å². The van der Waals surface area contributed by atoms with Crippen molar-refractivity contribution < 1.29 is 22.7 Å². The number of benzene rings is 2. The van der Waals surface area contributed by atoms with Gasteiger partial charge in [-0.1, -0.05) is 12.1 Å². The normalized spacial score (nSPS) is 14.5. The van der Waals surface area contributed by atoms with Crippen LogP contribution in [-0.4, -0.2) is 45.9 Å². The first-order valence-electron chi connectivity index (χ1n) is 10.0. The summed E-state index contributed by atoms with van der Waals surface area (Å²) in [6.07, 6.45) is 2.40. The minimum atomic E-state index is -3.51. The first kappa shape index (κ1) is 22.1. The Morgan fingerprint density at radius 3 is 2.37 bits per heavy atom. The fourth-order valence-corrected chi connectivity index (χ4v) is 5.04. The van der Waals surface area contributed by atoms with Gasteiger partial charge in [0.2, 0.25) is 15.9 Å². The number of amides is 1. The molecule has 0 radical (unpaired) electrons. The summed E-state index contributed by atoms with van der Waals surface area (Å²) < 4.78 is 37.7. The van der Waals surface area contributed by atoms with Crippen LogP contribution >= 0.6 is 0 Å². The van der Waals surface area contributed by atoms with E-state index in [1.165, 1.54) is 11.4 Å². The Morgan fingerprint density at radius 1 is 1.03 bits per heavy atom. The lowest BCUT2D eigenvalue weighted by atomic mass is 10.1. The molecule has 1 fully saturated rings. The van der Waals surface area contributed by atoms with E-state index < -0.39 is 10.0 Å². The highest BCUT2D eigenvalue weighted by Gasteiger charge is 2.27. The summed E-state index contributed by atoms with van der Waals surface area (Å²) in [7, 11) is -0.363. The summed E-state index contributed by atoms with van der Waals surface area (Å²) in [5.74, 6) is 1.24. The van der Waals surface area contributed by atoms with Crippen LogP contribution in [0.5, 0.6) is 11.5 Å². The monoisotopic (exact) mass is 432 g/mol. The minimum absolute atomic E-state index is 0.110. The number of nitrogens with zero attached hydrogens (tertiary/aromatic N) is 1. The maximum absolute atomic E-state index is 12.8. The highest BCUT2D eigenvalue weighted by molar-refractivity contribution is 7.89. The molecule has 0 saturated carbocycles. The van der Waals surface area contributed by atoms with Crippen LogP contribution < -0.4 is 14.8 Å². The number of nitrogens with one attached hydrogen (secondary N) is 1. The largest absolute Gasteiger partial charge is 0.497 e. The van der Waals surface area contributed by atoms with Crippen molar-refractivity contribution in [1.29, 1.82) is 0 Å². The molecular formula is C22H28N2O5S. The number of methoxy groups -OCH3 is 2. The van der Waals surface area contributed by atoms with E-state index in [9.17, 15) is 13.2 Å². The fourth-order valence-electron chi connectivity index (χ4n) is 3.47. The molecule has 1 saturated heterocycles. The van der Waals surface area contributed by atoms with Crippen LogP contribution in [0, 0.1) is 0 Å². The van der Waals surface area contributed by atoms with Crippen molar-refractivity contribution in [1.82, 2.24) is 9.62 Å². The number of ether oxygens (including phenoxy) is 2. The Labute approximate surface area is 178 Å². The van der Waals surface area contributed by atoms with Crippen LogP contribution in [0.4, 0.5) is 0 Å². The highest BCUT2D eigenvalue weighted by atomic mass is 32.2. The van der Waals surface area contributed by atoms with Gasteiger partial charge in [0.05, 0.1) is 19.1 Å². The van der Waals surface area contributed by atoms with Gasteiger partial charge in [-0.05, 0) is 60.7 Å². The van der Waals surface area contributed by atoms with Gasteiger partial charge in [0.1, 0.15) is 11.5 Å².